The van der Waals surface area contributed by atoms with Crippen LogP contribution < -0.4 is 5.73 Å². The van der Waals surface area contributed by atoms with Crippen molar-refractivity contribution in [3.05, 3.63) is 35.3 Å². The maximum absolute atomic E-state index is 5.85. The van der Waals surface area contributed by atoms with Gasteiger partial charge in [0.2, 0.25) is 4.96 Å². The molecule has 4 nitrogen and oxygen atoms in total. The summed E-state index contributed by atoms with van der Waals surface area (Å²) in [7, 11) is 0. The van der Waals surface area contributed by atoms with E-state index in [0.717, 1.165) is 22.0 Å². The van der Waals surface area contributed by atoms with Crippen LogP contribution in [0.5, 0.6) is 0 Å². The highest BCUT2D eigenvalue weighted by Gasteiger charge is 2.22. The lowest BCUT2D eigenvalue weighted by Gasteiger charge is -2.17. The summed E-state index contributed by atoms with van der Waals surface area (Å²) >= 11 is 1.62. The van der Waals surface area contributed by atoms with Gasteiger partial charge in [-0.3, -0.25) is 4.40 Å². The molecular formula is C14H16N4S. The van der Waals surface area contributed by atoms with Crippen molar-refractivity contribution in [1.82, 2.24) is 14.6 Å². The summed E-state index contributed by atoms with van der Waals surface area (Å²) in [4.78, 5) is 0.919. The number of benzene rings is 1. The topological polar surface area (TPSA) is 56.2 Å². The van der Waals surface area contributed by atoms with Crippen molar-refractivity contribution in [2.45, 2.75) is 26.2 Å². The van der Waals surface area contributed by atoms with E-state index in [2.05, 4.69) is 40.7 Å². The SMILES string of the molecule is CC(C)(C)c1csc2nnc(-c3cccc(N)c3)n12. The standard InChI is InChI=1S/C14H16N4S/c1-14(2,3)11-8-19-13-17-16-12(18(11)13)9-5-4-6-10(15)7-9/h4-8H,15H2,1-3H3. The summed E-state index contributed by atoms with van der Waals surface area (Å²) in [5.74, 6) is 0.855. The molecule has 3 aromatic rings. The number of fused-ring (bicyclic) bond motifs is 1. The predicted molar refractivity (Wildman–Crippen MR) is 79.4 cm³/mol. The van der Waals surface area contributed by atoms with E-state index in [1.54, 1.807) is 11.3 Å². The lowest BCUT2D eigenvalue weighted by molar-refractivity contribution is 0.565. The Morgan fingerprint density at radius 1 is 1.21 bits per heavy atom. The van der Waals surface area contributed by atoms with Crippen LogP contribution in [0.25, 0.3) is 16.3 Å². The number of aromatic nitrogens is 3. The van der Waals surface area contributed by atoms with Gasteiger partial charge in [0.05, 0.1) is 0 Å². The van der Waals surface area contributed by atoms with Crippen LogP contribution in [-0.2, 0) is 5.41 Å². The van der Waals surface area contributed by atoms with Gasteiger partial charge in [-0.25, -0.2) is 0 Å². The molecule has 0 aliphatic rings. The number of anilines is 1. The van der Waals surface area contributed by atoms with E-state index < -0.39 is 0 Å². The van der Waals surface area contributed by atoms with Gasteiger partial charge in [-0.15, -0.1) is 21.5 Å². The minimum atomic E-state index is 0.0513. The summed E-state index contributed by atoms with van der Waals surface area (Å²) in [6.45, 7) is 6.58. The van der Waals surface area contributed by atoms with Crippen LogP contribution >= 0.6 is 11.3 Å². The van der Waals surface area contributed by atoms with Crippen LogP contribution in [0.15, 0.2) is 29.6 Å². The van der Waals surface area contributed by atoms with Gasteiger partial charge in [0, 0.05) is 27.7 Å². The zero-order valence-electron chi connectivity index (χ0n) is 11.2. The monoisotopic (exact) mass is 272 g/mol. The Morgan fingerprint density at radius 2 is 2.00 bits per heavy atom. The Hall–Kier alpha value is -1.88. The van der Waals surface area contributed by atoms with E-state index in [1.807, 2.05) is 24.3 Å². The number of rotatable bonds is 1. The van der Waals surface area contributed by atoms with Crippen LogP contribution in [0.3, 0.4) is 0 Å². The number of nitrogens with two attached hydrogens (primary N) is 1. The van der Waals surface area contributed by atoms with Gasteiger partial charge in [0.15, 0.2) is 5.82 Å². The number of nitrogen functional groups attached to an aromatic ring is 1. The maximum atomic E-state index is 5.85. The molecule has 0 saturated carbocycles. The molecule has 2 N–H and O–H groups in total. The van der Waals surface area contributed by atoms with Gasteiger partial charge in [0.25, 0.3) is 0 Å². The van der Waals surface area contributed by atoms with Crippen molar-refractivity contribution in [2.75, 3.05) is 5.73 Å². The van der Waals surface area contributed by atoms with Crippen LogP contribution in [0.4, 0.5) is 5.69 Å². The molecule has 3 rings (SSSR count). The molecule has 19 heavy (non-hydrogen) atoms. The fraction of sp³-hybridized carbons (Fsp3) is 0.286. The molecule has 2 aromatic heterocycles. The van der Waals surface area contributed by atoms with E-state index in [9.17, 15) is 0 Å². The number of hydrogen-bond acceptors (Lipinski definition) is 4. The summed E-state index contributed by atoms with van der Waals surface area (Å²) in [5.41, 5.74) is 8.86. The summed E-state index contributed by atoms with van der Waals surface area (Å²) in [6.07, 6.45) is 0. The Morgan fingerprint density at radius 3 is 2.68 bits per heavy atom. The van der Waals surface area contributed by atoms with Gasteiger partial charge in [-0.2, -0.15) is 0 Å². The first-order chi connectivity index (χ1) is 8.97. The van der Waals surface area contributed by atoms with E-state index in [1.165, 1.54) is 5.69 Å². The van der Waals surface area contributed by atoms with Gasteiger partial charge < -0.3 is 5.73 Å². The molecule has 0 bridgehead atoms. The molecular weight excluding hydrogens is 256 g/mol. The van der Waals surface area contributed by atoms with E-state index in [0.29, 0.717) is 0 Å². The number of nitrogens with zero attached hydrogens (tertiary/aromatic N) is 3. The maximum Gasteiger partial charge on any atom is 0.216 e. The first-order valence-corrected chi connectivity index (χ1v) is 7.04. The predicted octanol–water partition coefficient (Wildman–Crippen LogP) is 3.34. The molecule has 0 spiro atoms. The van der Waals surface area contributed by atoms with Crippen molar-refractivity contribution >= 4 is 22.0 Å². The summed E-state index contributed by atoms with van der Waals surface area (Å²) in [5, 5.41) is 10.7. The first kappa shape index (κ1) is 12.2. The summed E-state index contributed by atoms with van der Waals surface area (Å²) in [6, 6.07) is 7.76. The third-order valence-electron chi connectivity index (χ3n) is 3.06. The van der Waals surface area contributed by atoms with E-state index in [4.69, 9.17) is 5.73 Å². The van der Waals surface area contributed by atoms with E-state index in [-0.39, 0.29) is 5.41 Å². The Kier molecular flexibility index (Phi) is 2.60. The molecule has 0 aliphatic heterocycles. The molecule has 0 fully saturated rings. The minimum absolute atomic E-state index is 0.0513. The quantitative estimate of drug-likeness (QED) is 0.691. The fourth-order valence-corrected chi connectivity index (χ4v) is 3.16. The van der Waals surface area contributed by atoms with Crippen LogP contribution in [0, 0.1) is 0 Å². The summed E-state index contributed by atoms with van der Waals surface area (Å²) < 4.78 is 2.12. The lowest BCUT2D eigenvalue weighted by Crippen LogP contribution is -2.14. The smallest absolute Gasteiger partial charge is 0.216 e. The van der Waals surface area contributed by atoms with Crippen LogP contribution in [0.1, 0.15) is 26.5 Å². The molecule has 0 unspecified atom stereocenters. The largest absolute Gasteiger partial charge is 0.399 e. The van der Waals surface area contributed by atoms with Gasteiger partial charge in [0.1, 0.15) is 0 Å². The molecule has 5 heteroatoms. The van der Waals surface area contributed by atoms with Gasteiger partial charge >= 0.3 is 0 Å². The van der Waals surface area contributed by atoms with Crippen molar-refractivity contribution in [3.8, 4) is 11.4 Å². The Bertz CT molecular complexity index is 733. The minimum Gasteiger partial charge on any atom is -0.399 e. The second-order valence-corrected chi connectivity index (χ2v) is 6.47. The zero-order chi connectivity index (χ0) is 13.6. The second-order valence-electron chi connectivity index (χ2n) is 5.64. The molecule has 0 saturated heterocycles. The number of hydrogen-bond donors (Lipinski definition) is 1. The van der Waals surface area contributed by atoms with Crippen molar-refractivity contribution in [1.29, 1.82) is 0 Å². The van der Waals surface area contributed by atoms with Crippen molar-refractivity contribution in [2.24, 2.45) is 0 Å². The first-order valence-electron chi connectivity index (χ1n) is 6.16. The highest BCUT2D eigenvalue weighted by Crippen LogP contribution is 2.31. The van der Waals surface area contributed by atoms with Crippen LogP contribution in [0.2, 0.25) is 0 Å². The normalized spacial score (nSPS) is 12.2. The Balaban J connectivity index is 2.28. The average Bonchev–Trinajstić information content (AvgIpc) is 2.87. The van der Waals surface area contributed by atoms with Crippen LogP contribution in [-0.4, -0.2) is 14.6 Å². The third-order valence-corrected chi connectivity index (χ3v) is 3.88. The molecule has 98 valence electrons. The van der Waals surface area contributed by atoms with E-state index >= 15 is 0 Å². The third kappa shape index (κ3) is 2.00. The molecule has 0 aliphatic carbocycles. The molecule has 0 amide bonds. The molecule has 0 atom stereocenters. The number of thiazole rings is 1. The van der Waals surface area contributed by atoms with Gasteiger partial charge in [-0.05, 0) is 12.1 Å². The fourth-order valence-electron chi connectivity index (χ4n) is 2.10. The van der Waals surface area contributed by atoms with Crippen molar-refractivity contribution < 1.29 is 0 Å². The zero-order valence-corrected chi connectivity index (χ0v) is 12.0. The van der Waals surface area contributed by atoms with Gasteiger partial charge in [-0.1, -0.05) is 32.9 Å². The highest BCUT2D eigenvalue weighted by atomic mass is 32.1. The highest BCUT2D eigenvalue weighted by molar-refractivity contribution is 7.15. The average molecular weight is 272 g/mol. The Labute approximate surface area is 115 Å². The molecule has 0 radical (unpaired) electrons. The van der Waals surface area contributed by atoms with Crippen molar-refractivity contribution in [3.63, 3.8) is 0 Å². The lowest BCUT2D eigenvalue weighted by atomic mass is 9.93. The molecule has 1 aromatic carbocycles. The second kappa shape index (κ2) is 4.06. The molecule has 2 heterocycles.